The molecule has 0 radical (unpaired) electrons. The highest BCUT2D eigenvalue weighted by atomic mass is 16.6. The van der Waals surface area contributed by atoms with Gasteiger partial charge in [-0.05, 0) is 5.56 Å². The third-order valence-corrected chi connectivity index (χ3v) is 3.12. The second-order valence-electron chi connectivity index (χ2n) is 5.29. The van der Waals surface area contributed by atoms with Crippen LogP contribution >= 0.6 is 0 Å². The molecule has 0 saturated heterocycles. The Morgan fingerprint density at radius 2 is 1.16 bits per heavy atom. The minimum atomic E-state index is -0.827. The summed E-state index contributed by atoms with van der Waals surface area (Å²) in [4.78, 5) is 0. The average molecular weight is 358 g/mol. The van der Waals surface area contributed by atoms with Crippen molar-refractivity contribution in [3.05, 3.63) is 35.9 Å². The Kier molecular flexibility index (Phi) is 14.4. The molecule has 1 aromatic carbocycles. The normalized spacial score (nSPS) is 12.4. The van der Waals surface area contributed by atoms with E-state index >= 15 is 0 Å². The number of ether oxygens (including phenoxy) is 5. The molecule has 7 nitrogen and oxygen atoms in total. The minimum absolute atomic E-state index is 0.114. The molecule has 0 amide bonds. The van der Waals surface area contributed by atoms with Crippen LogP contribution in [0.1, 0.15) is 5.56 Å². The van der Waals surface area contributed by atoms with E-state index in [9.17, 15) is 0 Å². The van der Waals surface area contributed by atoms with E-state index < -0.39 is 6.10 Å². The Morgan fingerprint density at radius 3 is 1.68 bits per heavy atom. The maximum atomic E-state index is 9.05. The summed E-state index contributed by atoms with van der Waals surface area (Å²) in [5.74, 6) is 0. The monoisotopic (exact) mass is 358 g/mol. The molecule has 7 heteroatoms. The molecule has 0 spiro atoms. The third-order valence-electron chi connectivity index (χ3n) is 3.12. The molecule has 0 aliphatic carbocycles. The number of benzene rings is 1. The first-order valence-corrected chi connectivity index (χ1v) is 8.54. The first-order chi connectivity index (χ1) is 12.3. The van der Waals surface area contributed by atoms with Crippen molar-refractivity contribution in [3.63, 3.8) is 0 Å². The van der Waals surface area contributed by atoms with Crippen LogP contribution in [0, 0.1) is 0 Å². The summed E-state index contributed by atoms with van der Waals surface area (Å²) >= 11 is 0. The molecule has 25 heavy (non-hydrogen) atoms. The summed E-state index contributed by atoms with van der Waals surface area (Å²) in [5.41, 5.74) is 1.15. The molecule has 1 aromatic rings. The number of hydrogen-bond acceptors (Lipinski definition) is 7. The van der Waals surface area contributed by atoms with Crippen molar-refractivity contribution in [1.82, 2.24) is 0 Å². The van der Waals surface area contributed by atoms with Crippen LogP contribution in [0.3, 0.4) is 0 Å². The topological polar surface area (TPSA) is 86.6 Å². The highest BCUT2D eigenvalue weighted by Crippen LogP contribution is 1.99. The Morgan fingerprint density at radius 1 is 0.680 bits per heavy atom. The zero-order valence-corrected chi connectivity index (χ0v) is 14.7. The number of aliphatic hydroxyl groups excluding tert-OH is 2. The molecule has 2 N–H and O–H groups in total. The highest BCUT2D eigenvalue weighted by Gasteiger charge is 2.00. The minimum Gasteiger partial charge on any atom is -0.394 e. The lowest BCUT2D eigenvalue weighted by Gasteiger charge is -2.09. The summed E-state index contributed by atoms with van der Waals surface area (Å²) in [6.07, 6.45) is -0.827. The van der Waals surface area contributed by atoms with E-state index in [2.05, 4.69) is 0 Å². The second kappa shape index (κ2) is 16.4. The lowest BCUT2D eigenvalue weighted by atomic mass is 10.2. The van der Waals surface area contributed by atoms with Gasteiger partial charge in [0.25, 0.3) is 0 Å². The van der Waals surface area contributed by atoms with Crippen molar-refractivity contribution < 1.29 is 33.9 Å². The van der Waals surface area contributed by atoms with Crippen LogP contribution in [0.2, 0.25) is 0 Å². The van der Waals surface area contributed by atoms with Crippen LogP contribution in [-0.4, -0.2) is 82.4 Å². The van der Waals surface area contributed by atoms with E-state index in [1.54, 1.807) is 0 Å². The van der Waals surface area contributed by atoms with E-state index in [-0.39, 0.29) is 13.2 Å². The van der Waals surface area contributed by atoms with Crippen LogP contribution in [0.15, 0.2) is 30.3 Å². The number of hydrogen-bond donors (Lipinski definition) is 2. The molecular weight excluding hydrogens is 328 g/mol. The van der Waals surface area contributed by atoms with Crippen molar-refractivity contribution in [2.24, 2.45) is 0 Å². The Labute approximate surface area is 149 Å². The summed E-state index contributed by atoms with van der Waals surface area (Å²) in [5, 5.41) is 17.6. The second-order valence-corrected chi connectivity index (χ2v) is 5.29. The molecule has 0 saturated carbocycles. The van der Waals surface area contributed by atoms with Gasteiger partial charge in [0, 0.05) is 0 Å². The van der Waals surface area contributed by atoms with E-state index in [0.29, 0.717) is 59.5 Å². The van der Waals surface area contributed by atoms with Gasteiger partial charge in [0.1, 0.15) is 6.10 Å². The zero-order valence-electron chi connectivity index (χ0n) is 14.7. The fourth-order valence-electron chi connectivity index (χ4n) is 1.81. The summed E-state index contributed by atoms with van der Waals surface area (Å²) < 4.78 is 26.7. The van der Waals surface area contributed by atoms with E-state index in [1.807, 2.05) is 30.3 Å². The first-order valence-electron chi connectivity index (χ1n) is 8.54. The van der Waals surface area contributed by atoms with Crippen LogP contribution in [0.5, 0.6) is 0 Å². The third kappa shape index (κ3) is 13.9. The predicted molar refractivity (Wildman–Crippen MR) is 92.5 cm³/mol. The van der Waals surface area contributed by atoms with Crippen LogP contribution in [0.4, 0.5) is 0 Å². The summed E-state index contributed by atoms with van der Waals surface area (Å²) in [6, 6.07) is 10.0. The lowest BCUT2D eigenvalue weighted by molar-refractivity contribution is -0.0292. The number of rotatable bonds is 17. The number of aliphatic hydroxyl groups is 2. The molecule has 0 aliphatic rings. The van der Waals surface area contributed by atoms with Gasteiger partial charge in [-0.25, -0.2) is 0 Å². The Bertz CT molecular complexity index is 388. The van der Waals surface area contributed by atoms with E-state index in [1.165, 1.54) is 0 Å². The molecule has 1 atom stereocenters. The molecular formula is C18H30O7. The van der Waals surface area contributed by atoms with E-state index in [0.717, 1.165) is 5.56 Å². The van der Waals surface area contributed by atoms with Gasteiger partial charge < -0.3 is 33.9 Å². The zero-order chi connectivity index (χ0) is 18.0. The predicted octanol–water partition coefficient (Wildman–Crippen LogP) is 0.623. The maximum Gasteiger partial charge on any atom is 0.100 e. The smallest absolute Gasteiger partial charge is 0.100 e. The van der Waals surface area contributed by atoms with Crippen LogP contribution < -0.4 is 0 Å². The van der Waals surface area contributed by atoms with Crippen molar-refractivity contribution in [2.75, 3.05) is 66.1 Å². The first kappa shape index (κ1) is 22.0. The van der Waals surface area contributed by atoms with Crippen molar-refractivity contribution >= 4 is 0 Å². The maximum absolute atomic E-state index is 9.05. The van der Waals surface area contributed by atoms with Crippen molar-refractivity contribution in [1.29, 1.82) is 0 Å². The molecule has 0 bridgehead atoms. The molecule has 144 valence electrons. The van der Waals surface area contributed by atoms with Crippen molar-refractivity contribution in [3.8, 4) is 0 Å². The quantitative estimate of drug-likeness (QED) is 0.395. The van der Waals surface area contributed by atoms with Gasteiger partial charge in [0.2, 0.25) is 0 Å². The summed E-state index contributed by atoms with van der Waals surface area (Å²) in [6.45, 7) is 4.34. The fourth-order valence-corrected chi connectivity index (χ4v) is 1.81. The van der Waals surface area contributed by atoms with Gasteiger partial charge in [0.05, 0.1) is 72.7 Å². The van der Waals surface area contributed by atoms with Crippen molar-refractivity contribution in [2.45, 2.75) is 12.7 Å². The van der Waals surface area contributed by atoms with Gasteiger partial charge >= 0.3 is 0 Å². The largest absolute Gasteiger partial charge is 0.394 e. The molecule has 1 unspecified atom stereocenters. The SMILES string of the molecule is OCC(O)COCCOCCOCCOCCOCc1ccccc1. The molecule has 0 fully saturated rings. The Hall–Kier alpha value is -1.06. The van der Waals surface area contributed by atoms with Gasteiger partial charge in [-0.3, -0.25) is 0 Å². The standard InChI is InChI=1S/C18H30O7/c19-14-18(20)16-25-13-11-23-9-7-21-6-8-22-10-12-24-15-17-4-2-1-3-5-17/h1-5,18-20H,6-16H2. The van der Waals surface area contributed by atoms with Gasteiger partial charge in [-0.15, -0.1) is 0 Å². The fraction of sp³-hybridized carbons (Fsp3) is 0.667. The average Bonchev–Trinajstić information content (AvgIpc) is 2.65. The molecule has 0 aliphatic heterocycles. The highest BCUT2D eigenvalue weighted by molar-refractivity contribution is 5.13. The van der Waals surface area contributed by atoms with E-state index in [4.69, 9.17) is 33.9 Å². The molecule has 1 rings (SSSR count). The van der Waals surface area contributed by atoms with Gasteiger partial charge in [0.15, 0.2) is 0 Å². The summed E-state index contributed by atoms with van der Waals surface area (Å²) in [7, 11) is 0. The van der Waals surface area contributed by atoms with Gasteiger partial charge in [-0.2, -0.15) is 0 Å². The molecule has 0 aromatic heterocycles. The van der Waals surface area contributed by atoms with Crippen LogP contribution in [-0.2, 0) is 30.3 Å². The van der Waals surface area contributed by atoms with Gasteiger partial charge in [-0.1, -0.05) is 30.3 Å². The Balaban J connectivity index is 1.72. The molecule has 0 heterocycles. The van der Waals surface area contributed by atoms with Crippen LogP contribution in [0.25, 0.3) is 0 Å². The lowest BCUT2D eigenvalue weighted by Crippen LogP contribution is -2.21.